The normalized spacial score (nSPS) is 33.8. The van der Waals surface area contributed by atoms with Gasteiger partial charge in [-0.15, -0.1) is 0 Å². The Labute approximate surface area is 104 Å². The smallest absolute Gasteiger partial charge is 0.341 e. The van der Waals surface area contributed by atoms with Gasteiger partial charge in [0.15, 0.2) is 5.60 Å². The van der Waals surface area contributed by atoms with Crippen molar-refractivity contribution in [3.05, 3.63) is 0 Å². The molecule has 2 fully saturated rings. The van der Waals surface area contributed by atoms with E-state index in [9.17, 15) is 4.79 Å². The van der Waals surface area contributed by atoms with Crippen molar-refractivity contribution < 1.29 is 14.3 Å². The first-order chi connectivity index (χ1) is 7.80. The van der Waals surface area contributed by atoms with Crippen molar-refractivity contribution in [2.75, 3.05) is 7.11 Å². The molecule has 17 heavy (non-hydrogen) atoms. The van der Waals surface area contributed by atoms with Crippen molar-refractivity contribution in [1.82, 2.24) is 0 Å². The zero-order chi connectivity index (χ0) is 12.9. The molecule has 98 valence electrons. The largest absolute Gasteiger partial charge is 0.467 e. The fourth-order valence-electron chi connectivity index (χ4n) is 3.35. The number of carbonyl (C=O) groups excluding carboxylic acids is 1. The van der Waals surface area contributed by atoms with Crippen LogP contribution in [0.15, 0.2) is 0 Å². The van der Waals surface area contributed by atoms with Gasteiger partial charge in [0.25, 0.3) is 0 Å². The van der Waals surface area contributed by atoms with E-state index >= 15 is 0 Å². The fraction of sp³-hybridized carbons (Fsp3) is 0.929. The molecule has 1 aliphatic carbocycles. The van der Waals surface area contributed by atoms with Gasteiger partial charge < -0.3 is 9.47 Å². The van der Waals surface area contributed by atoms with Crippen molar-refractivity contribution in [1.29, 1.82) is 0 Å². The number of carbonyl (C=O) groups is 1. The zero-order valence-corrected chi connectivity index (χ0v) is 11.6. The summed E-state index contributed by atoms with van der Waals surface area (Å²) in [7, 11) is 1.45. The summed E-state index contributed by atoms with van der Waals surface area (Å²) in [5.74, 6) is -0.0108. The van der Waals surface area contributed by atoms with E-state index in [1.807, 2.05) is 13.8 Å². The van der Waals surface area contributed by atoms with Crippen LogP contribution in [0.1, 0.15) is 53.4 Å². The predicted octanol–water partition coefficient (Wildman–Crippen LogP) is 2.92. The molecular formula is C14H24O3. The molecule has 3 nitrogen and oxygen atoms in total. The average Bonchev–Trinajstić information content (AvgIpc) is 2.93. The number of rotatable bonds is 2. The van der Waals surface area contributed by atoms with Gasteiger partial charge in [0.1, 0.15) is 5.60 Å². The minimum atomic E-state index is -0.668. The Hall–Kier alpha value is -0.570. The van der Waals surface area contributed by atoms with Gasteiger partial charge in [0, 0.05) is 0 Å². The van der Waals surface area contributed by atoms with Crippen molar-refractivity contribution in [2.45, 2.75) is 64.6 Å². The molecular weight excluding hydrogens is 216 g/mol. The second-order valence-electron chi connectivity index (χ2n) is 6.64. The quantitative estimate of drug-likeness (QED) is 0.550. The molecule has 1 heterocycles. The molecule has 0 aromatic heterocycles. The number of hydrogen-bond acceptors (Lipinski definition) is 3. The third kappa shape index (κ3) is 1.70. The van der Waals surface area contributed by atoms with Gasteiger partial charge in [-0.25, -0.2) is 4.79 Å². The first-order valence-electron chi connectivity index (χ1n) is 6.58. The monoisotopic (exact) mass is 240 g/mol. The van der Waals surface area contributed by atoms with Gasteiger partial charge in [-0.05, 0) is 37.0 Å². The molecule has 1 saturated heterocycles. The summed E-state index contributed by atoms with van der Waals surface area (Å²) in [6.07, 6.45) is 4.21. The van der Waals surface area contributed by atoms with E-state index in [4.69, 9.17) is 9.47 Å². The Morgan fingerprint density at radius 3 is 2.12 bits per heavy atom. The lowest BCUT2D eigenvalue weighted by Crippen LogP contribution is -2.42. The molecule has 0 N–H and O–H groups in total. The highest BCUT2D eigenvalue weighted by Crippen LogP contribution is 2.62. The molecule has 1 aliphatic heterocycles. The highest BCUT2D eigenvalue weighted by molar-refractivity contribution is 5.85. The van der Waals surface area contributed by atoms with Gasteiger partial charge in [0.05, 0.1) is 7.11 Å². The molecule has 1 atom stereocenters. The second kappa shape index (κ2) is 3.71. The molecule has 0 amide bonds. The number of hydrogen-bond donors (Lipinski definition) is 0. The van der Waals surface area contributed by atoms with Crippen LogP contribution in [0.3, 0.4) is 0 Å². The Kier molecular flexibility index (Phi) is 2.81. The molecule has 0 radical (unpaired) electrons. The van der Waals surface area contributed by atoms with Crippen molar-refractivity contribution in [3.8, 4) is 0 Å². The minimum absolute atomic E-state index is 0.177. The van der Waals surface area contributed by atoms with E-state index in [0.29, 0.717) is 5.41 Å². The molecule has 1 saturated carbocycles. The van der Waals surface area contributed by atoms with Crippen molar-refractivity contribution in [3.63, 3.8) is 0 Å². The van der Waals surface area contributed by atoms with Crippen LogP contribution in [0, 0.1) is 11.3 Å². The Bertz CT molecular complexity index is 322. The molecule has 1 unspecified atom stereocenters. The Morgan fingerprint density at radius 2 is 1.71 bits per heavy atom. The number of ether oxygens (including phenoxy) is 2. The maximum Gasteiger partial charge on any atom is 0.341 e. The van der Waals surface area contributed by atoms with E-state index in [1.54, 1.807) is 0 Å². The molecule has 0 bridgehead atoms. The molecule has 2 rings (SSSR count). The van der Waals surface area contributed by atoms with Crippen LogP contribution in [-0.4, -0.2) is 24.3 Å². The number of esters is 1. The Morgan fingerprint density at radius 1 is 1.18 bits per heavy atom. The number of epoxide rings is 1. The van der Waals surface area contributed by atoms with Crippen LogP contribution in [0.4, 0.5) is 0 Å². The van der Waals surface area contributed by atoms with Gasteiger partial charge in [-0.1, -0.05) is 27.7 Å². The van der Waals surface area contributed by atoms with Gasteiger partial charge in [-0.2, -0.15) is 0 Å². The highest BCUT2D eigenvalue weighted by atomic mass is 16.7. The minimum Gasteiger partial charge on any atom is -0.467 e. The molecule has 2 aliphatic rings. The van der Waals surface area contributed by atoms with Gasteiger partial charge >= 0.3 is 5.97 Å². The first kappa shape index (κ1) is 12.9. The SMILES string of the molecule is COC(=O)C1(C(C)C)OC12CCC(C)(C)CC2. The maximum absolute atomic E-state index is 12.0. The van der Waals surface area contributed by atoms with Gasteiger partial charge in [-0.3, -0.25) is 0 Å². The van der Waals surface area contributed by atoms with Crippen LogP contribution in [-0.2, 0) is 14.3 Å². The lowest BCUT2D eigenvalue weighted by atomic mass is 9.67. The average molecular weight is 240 g/mol. The van der Waals surface area contributed by atoms with Crippen LogP contribution in [0.5, 0.6) is 0 Å². The predicted molar refractivity (Wildman–Crippen MR) is 65.7 cm³/mol. The molecule has 3 heteroatoms. The highest BCUT2D eigenvalue weighted by Gasteiger charge is 2.76. The van der Waals surface area contributed by atoms with Gasteiger partial charge in [0.2, 0.25) is 0 Å². The van der Waals surface area contributed by atoms with Crippen molar-refractivity contribution in [2.24, 2.45) is 11.3 Å². The summed E-state index contributed by atoms with van der Waals surface area (Å²) in [6.45, 7) is 8.67. The fourth-order valence-corrected chi connectivity index (χ4v) is 3.35. The molecule has 0 aromatic carbocycles. The molecule has 0 aromatic rings. The number of methoxy groups -OCH3 is 1. The maximum atomic E-state index is 12.0. The molecule has 1 spiro atoms. The van der Waals surface area contributed by atoms with E-state index in [2.05, 4.69) is 13.8 Å². The van der Waals surface area contributed by atoms with Crippen LogP contribution >= 0.6 is 0 Å². The summed E-state index contributed by atoms with van der Waals surface area (Å²) in [4.78, 5) is 12.0. The van der Waals surface area contributed by atoms with E-state index in [1.165, 1.54) is 7.11 Å². The van der Waals surface area contributed by atoms with Crippen LogP contribution in [0.2, 0.25) is 0 Å². The second-order valence-corrected chi connectivity index (χ2v) is 6.64. The van der Waals surface area contributed by atoms with E-state index in [-0.39, 0.29) is 17.5 Å². The van der Waals surface area contributed by atoms with Crippen molar-refractivity contribution >= 4 is 5.97 Å². The zero-order valence-electron chi connectivity index (χ0n) is 11.6. The summed E-state index contributed by atoms with van der Waals surface area (Å²) in [6, 6.07) is 0. The summed E-state index contributed by atoms with van der Waals surface area (Å²) in [5.41, 5.74) is -0.516. The third-order valence-electron chi connectivity index (χ3n) is 4.70. The Balaban J connectivity index is 2.18. The van der Waals surface area contributed by atoms with E-state index in [0.717, 1.165) is 25.7 Å². The summed E-state index contributed by atoms with van der Waals surface area (Å²) in [5, 5.41) is 0. The standard InChI is InChI=1S/C14H24O3/c1-10(2)14(11(15)16-5)13(17-14)8-6-12(3,4)7-9-13/h10H,6-9H2,1-5H3. The lowest BCUT2D eigenvalue weighted by Gasteiger charge is -2.34. The summed E-state index contributed by atoms with van der Waals surface area (Å²) >= 11 is 0. The summed E-state index contributed by atoms with van der Waals surface area (Å²) < 4.78 is 10.9. The van der Waals surface area contributed by atoms with Crippen LogP contribution < -0.4 is 0 Å². The lowest BCUT2D eigenvalue weighted by molar-refractivity contribution is -0.148. The van der Waals surface area contributed by atoms with Crippen LogP contribution in [0.25, 0.3) is 0 Å². The topological polar surface area (TPSA) is 38.8 Å². The first-order valence-corrected chi connectivity index (χ1v) is 6.58. The van der Waals surface area contributed by atoms with E-state index < -0.39 is 5.60 Å². The third-order valence-corrected chi connectivity index (χ3v) is 4.70.